The molecule has 0 aromatic heterocycles. The van der Waals surface area contributed by atoms with Gasteiger partial charge in [-0.3, -0.25) is 4.99 Å². The molecule has 2 nitrogen and oxygen atoms in total. The molecule has 0 saturated heterocycles. The molecule has 2 heteroatoms. The summed E-state index contributed by atoms with van der Waals surface area (Å²) in [4.78, 5) is 4.49. The standard InChI is InChI=1S/C13H17NO/c1-4-12(10-15-5-2)14-13-9-7-6-8-11(13)3/h4,6-9H,3,5,10H2,1-2H3/b12-4-,14-13?. The Kier molecular flexibility index (Phi) is 4.78. The second-order valence-corrected chi connectivity index (χ2v) is 3.16. The fourth-order valence-electron chi connectivity index (χ4n) is 1.16. The smallest absolute Gasteiger partial charge is 0.0884 e. The summed E-state index contributed by atoms with van der Waals surface area (Å²) >= 11 is 0. The van der Waals surface area contributed by atoms with Crippen molar-refractivity contribution in [3.05, 3.63) is 48.2 Å². The highest BCUT2D eigenvalue weighted by atomic mass is 16.5. The van der Waals surface area contributed by atoms with Gasteiger partial charge < -0.3 is 4.74 Å². The zero-order valence-corrected chi connectivity index (χ0v) is 9.36. The molecule has 1 aliphatic rings. The normalized spacial score (nSPS) is 18.9. The van der Waals surface area contributed by atoms with Gasteiger partial charge in [-0.2, -0.15) is 0 Å². The zero-order chi connectivity index (χ0) is 11.1. The van der Waals surface area contributed by atoms with E-state index >= 15 is 0 Å². The van der Waals surface area contributed by atoms with Gasteiger partial charge in [0.25, 0.3) is 0 Å². The van der Waals surface area contributed by atoms with Crippen molar-refractivity contribution in [1.29, 1.82) is 0 Å². The predicted octanol–water partition coefficient (Wildman–Crippen LogP) is 3.05. The number of aliphatic imine (C=N–C) groups is 1. The molecular formula is C13H17NO. The molecule has 0 aromatic rings. The van der Waals surface area contributed by atoms with Crippen molar-refractivity contribution in [1.82, 2.24) is 0 Å². The third kappa shape index (κ3) is 3.68. The van der Waals surface area contributed by atoms with Gasteiger partial charge in [-0.25, -0.2) is 0 Å². The number of hydrogen-bond donors (Lipinski definition) is 0. The molecule has 1 rings (SSSR count). The molecule has 0 heterocycles. The molecule has 1 aliphatic carbocycles. The molecule has 0 fully saturated rings. The fraction of sp³-hybridized carbons (Fsp3) is 0.308. The third-order valence-corrected chi connectivity index (χ3v) is 2.04. The molecule has 80 valence electrons. The Hall–Kier alpha value is -1.41. The van der Waals surface area contributed by atoms with Crippen LogP contribution < -0.4 is 0 Å². The summed E-state index contributed by atoms with van der Waals surface area (Å²) in [5.74, 6) is 0. The Labute approximate surface area is 91.4 Å². The largest absolute Gasteiger partial charge is 0.375 e. The Balaban J connectivity index is 2.72. The second kappa shape index (κ2) is 6.14. The maximum atomic E-state index is 5.32. The number of rotatable bonds is 4. The highest BCUT2D eigenvalue weighted by Crippen LogP contribution is 2.09. The Morgan fingerprint density at radius 3 is 2.80 bits per heavy atom. The van der Waals surface area contributed by atoms with Crippen LogP contribution in [0.1, 0.15) is 13.8 Å². The molecule has 0 bridgehead atoms. The first kappa shape index (κ1) is 11.7. The summed E-state index contributed by atoms with van der Waals surface area (Å²) in [5.41, 5.74) is 2.78. The van der Waals surface area contributed by atoms with Gasteiger partial charge >= 0.3 is 0 Å². The van der Waals surface area contributed by atoms with Crippen molar-refractivity contribution in [2.24, 2.45) is 4.99 Å². The van der Waals surface area contributed by atoms with Gasteiger partial charge in [0.2, 0.25) is 0 Å². The quantitative estimate of drug-likeness (QED) is 0.688. The first-order valence-electron chi connectivity index (χ1n) is 5.13. The molecule has 0 saturated carbocycles. The van der Waals surface area contributed by atoms with E-state index in [9.17, 15) is 0 Å². The molecule has 0 aliphatic heterocycles. The lowest BCUT2D eigenvalue weighted by atomic mass is 10.1. The SMILES string of the molecule is C=C1C=CC=CC1=N/C(=C\C)COCC. The van der Waals surface area contributed by atoms with Gasteiger partial charge in [0.1, 0.15) is 0 Å². The van der Waals surface area contributed by atoms with E-state index in [4.69, 9.17) is 4.74 Å². The van der Waals surface area contributed by atoms with Crippen LogP contribution in [0, 0.1) is 0 Å². The van der Waals surface area contributed by atoms with Crippen molar-refractivity contribution in [3.63, 3.8) is 0 Å². The van der Waals surface area contributed by atoms with E-state index < -0.39 is 0 Å². The summed E-state index contributed by atoms with van der Waals surface area (Å²) in [6.45, 7) is 9.13. The Morgan fingerprint density at radius 2 is 2.20 bits per heavy atom. The highest BCUT2D eigenvalue weighted by molar-refractivity contribution is 6.11. The van der Waals surface area contributed by atoms with Crippen molar-refractivity contribution in [3.8, 4) is 0 Å². The van der Waals surface area contributed by atoms with Gasteiger partial charge in [0.15, 0.2) is 0 Å². The molecule has 0 aromatic carbocycles. The van der Waals surface area contributed by atoms with Gasteiger partial charge in [0.05, 0.1) is 18.0 Å². The highest BCUT2D eigenvalue weighted by Gasteiger charge is 2.02. The van der Waals surface area contributed by atoms with E-state index in [0.717, 1.165) is 17.0 Å². The minimum absolute atomic E-state index is 0.557. The number of allylic oxidation sites excluding steroid dienone is 6. The van der Waals surface area contributed by atoms with Gasteiger partial charge in [-0.05, 0) is 25.5 Å². The zero-order valence-electron chi connectivity index (χ0n) is 9.36. The van der Waals surface area contributed by atoms with Crippen LogP contribution in [-0.4, -0.2) is 18.9 Å². The summed E-state index contributed by atoms with van der Waals surface area (Å²) in [7, 11) is 0. The summed E-state index contributed by atoms with van der Waals surface area (Å²) in [6, 6.07) is 0. The molecule has 0 radical (unpaired) electrons. The molecular weight excluding hydrogens is 186 g/mol. The van der Waals surface area contributed by atoms with E-state index in [0.29, 0.717) is 13.2 Å². The lowest BCUT2D eigenvalue weighted by Crippen LogP contribution is -2.02. The number of nitrogens with zero attached hydrogens (tertiary/aromatic N) is 1. The molecule has 0 unspecified atom stereocenters. The van der Waals surface area contributed by atoms with Crippen LogP contribution in [0.25, 0.3) is 0 Å². The van der Waals surface area contributed by atoms with Crippen molar-refractivity contribution in [2.45, 2.75) is 13.8 Å². The topological polar surface area (TPSA) is 21.6 Å². The minimum atomic E-state index is 0.557. The van der Waals surface area contributed by atoms with Crippen LogP contribution in [0.4, 0.5) is 0 Å². The van der Waals surface area contributed by atoms with E-state index in [-0.39, 0.29) is 0 Å². The maximum absolute atomic E-state index is 5.32. The van der Waals surface area contributed by atoms with Crippen LogP contribution in [0.3, 0.4) is 0 Å². The molecule has 0 atom stereocenters. The average molecular weight is 203 g/mol. The molecule has 0 spiro atoms. The minimum Gasteiger partial charge on any atom is -0.375 e. The van der Waals surface area contributed by atoms with Crippen molar-refractivity contribution in [2.75, 3.05) is 13.2 Å². The monoisotopic (exact) mass is 203 g/mol. The first-order chi connectivity index (χ1) is 7.27. The van der Waals surface area contributed by atoms with E-state index in [1.807, 2.05) is 44.2 Å². The summed E-state index contributed by atoms with van der Waals surface area (Å²) < 4.78 is 5.32. The first-order valence-corrected chi connectivity index (χ1v) is 5.13. The van der Waals surface area contributed by atoms with Crippen molar-refractivity contribution < 1.29 is 4.74 Å². The van der Waals surface area contributed by atoms with E-state index in [1.165, 1.54) is 0 Å². The van der Waals surface area contributed by atoms with Gasteiger partial charge in [-0.15, -0.1) is 0 Å². The number of hydrogen-bond acceptors (Lipinski definition) is 2. The van der Waals surface area contributed by atoms with Crippen LogP contribution in [-0.2, 0) is 4.74 Å². The predicted molar refractivity (Wildman–Crippen MR) is 65.1 cm³/mol. The molecule has 15 heavy (non-hydrogen) atoms. The Morgan fingerprint density at radius 1 is 1.47 bits per heavy atom. The average Bonchev–Trinajstić information content (AvgIpc) is 2.26. The third-order valence-electron chi connectivity index (χ3n) is 2.04. The summed E-state index contributed by atoms with van der Waals surface area (Å²) in [6.07, 6.45) is 9.79. The molecule has 0 N–H and O–H groups in total. The number of ether oxygens (including phenoxy) is 1. The molecule has 0 amide bonds. The van der Waals surface area contributed by atoms with Crippen LogP contribution in [0.2, 0.25) is 0 Å². The van der Waals surface area contributed by atoms with E-state index in [2.05, 4.69) is 11.6 Å². The van der Waals surface area contributed by atoms with Crippen molar-refractivity contribution >= 4 is 5.71 Å². The fourth-order valence-corrected chi connectivity index (χ4v) is 1.16. The lowest BCUT2D eigenvalue weighted by Gasteiger charge is -2.07. The Bertz CT molecular complexity index is 346. The van der Waals surface area contributed by atoms with Crippen LogP contribution in [0.15, 0.2) is 53.2 Å². The second-order valence-electron chi connectivity index (χ2n) is 3.16. The van der Waals surface area contributed by atoms with Crippen LogP contribution >= 0.6 is 0 Å². The summed E-state index contributed by atoms with van der Waals surface area (Å²) in [5, 5.41) is 0. The maximum Gasteiger partial charge on any atom is 0.0884 e. The van der Waals surface area contributed by atoms with Gasteiger partial charge in [0, 0.05) is 6.61 Å². The van der Waals surface area contributed by atoms with Gasteiger partial charge in [-0.1, -0.05) is 30.9 Å². The van der Waals surface area contributed by atoms with Crippen LogP contribution in [0.5, 0.6) is 0 Å². The van der Waals surface area contributed by atoms with E-state index in [1.54, 1.807) is 0 Å². The lowest BCUT2D eigenvalue weighted by molar-refractivity contribution is 0.170.